The van der Waals surface area contributed by atoms with Gasteiger partial charge in [0, 0.05) is 7.05 Å². The SMILES string of the molecule is CNC(=O)n1nnn(-c2cccc(F)c2)c1=O. The van der Waals surface area contributed by atoms with Crippen molar-refractivity contribution in [2.45, 2.75) is 0 Å². The molecule has 0 aliphatic carbocycles. The van der Waals surface area contributed by atoms with Crippen LogP contribution in [0.3, 0.4) is 0 Å². The van der Waals surface area contributed by atoms with Gasteiger partial charge in [-0.25, -0.2) is 14.0 Å². The van der Waals surface area contributed by atoms with Crippen molar-refractivity contribution in [3.63, 3.8) is 0 Å². The highest BCUT2D eigenvalue weighted by Gasteiger charge is 2.13. The van der Waals surface area contributed by atoms with Gasteiger partial charge in [-0.1, -0.05) is 6.07 Å². The summed E-state index contributed by atoms with van der Waals surface area (Å²) >= 11 is 0. The number of aromatic nitrogens is 4. The minimum Gasteiger partial charge on any atom is -0.339 e. The van der Waals surface area contributed by atoms with E-state index in [1.165, 1.54) is 25.2 Å². The Bertz CT molecular complexity index is 618. The van der Waals surface area contributed by atoms with Gasteiger partial charge in [0.2, 0.25) is 0 Å². The average Bonchev–Trinajstić information content (AvgIpc) is 2.70. The molecule has 88 valence electrons. The Balaban J connectivity index is 2.52. The Morgan fingerprint density at radius 2 is 2.18 bits per heavy atom. The van der Waals surface area contributed by atoms with Gasteiger partial charge in [-0.05, 0) is 28.6 Å². The number of amides is 1. The van der Waals surface area contributed by atoms with Gasteiger partial charge in [0.25, 0.3) is 0 Å². The fraction of sp³-hybridized carbons (Fsp3) is 0.111. The Morgan fingerprint density at radius 3 is 2.82 bits per heavy atom. The number of nitrogens with zero attached hydrogens (tertiary/aromatic N) is 4. The number of carbonyl (C=O) groups excluding carboxylic acids is 1. The first-order valence-corrected chi connectivity index (χ1v) is 4.66. The first-order chi connectivity index (χ1) is 8.13. The molecular weight excluding hydrogens is 229 g/mol. The summed E-state index contributed by atoms with van der Waals surface area (Å²) in [6, 6.07) is 4.54. The van der Waals surface area contributed by atoms with E-state index in [0.29, 0.717) is 4.68 Å². The summed E-state index contributed by atoms with van der Waals surface area (Å²) in [5.74, 6) is -0.510. The summed E-state index contributed by atoms with van der Waals surface area (Å²) in [6.45, 7) is 0. The monoisotopic (exact) mass is 237 g/mol. The molecule has 1 amide bonds. The number of benzene rings is 1. The molecule has 0 spiro atoms. The topological polar surface area (TPSA) is 81.8 Å². The maximum atomic E-state index is 13.0. The molecular formula is C9H8FN5O2. The van der Waals surface area contributed by atoms with Gasteiger partial charge in [-0.15, -0.1) is 4.68 Å². The molecule has 2 aromatic rings. The maximum absolute atomic E-state index is 13.0. The molecule has 1 N–H and O–H groups in total. The van der Waals surface area contributed by atoms with Crippen LogP contribution >= 0.6 is 0 Å². The van der Waals surface area contributed by atoms with Crippen molar-refractivity contribution >= 4 is 6.03 Å². The summed E-state index contributed by atoms with van der Waals surface area (Å²) in [6.07, 6.45) is 0. The van der Waals surface area contributed by atoms with Crippen LogP contribution in [0.1, 0.15) is 0 Å². The molecule has 0 bridgehead atoms. The maximum Gasteiger partial charge on any atom is 0.377 e. The summed E-state index contributed by atoms with van der Waals surface area (Å²) in [5, 5.41) is 9.09. The van der Waals surface area contributed by atoms with Gasteiger partial charge in [0.15, 0.2) is 0 Å². The normalized spacial score (nSPS) is 10.2. The zero-order chi connectivity index (χ0) is 12.4. The highest BCUT2D eigenvalue weighted by molar-refractivity contribution is 5.74. The lowest BCUT2D eigenvalue weighted by atomic mass is 10.3. The second-order valence-electron chi connectivity index (χ2n) is 3.12. The van der Waals surface area contributed by atoms with E-state index in [-0.39, 0.29) is 5.69 Å². The van der Waals surface area contributed by atoms with Crippen LogP contribution in [0.5, 0.6) is 0 Å². The van der Waals surface area contributed by atoms with Crippen molar-refractivity contribution in [2.24, 2.45) is 0 Å². The molecule has 2 rings (SSSR count). The molecule has 1 heterocycles. The minimum atomic E-state index is -0.769. The van der Waals surface area contributed by atoms with Gasteiger partial charge >= 0.3 is 11.7 Å². The zero-order valence-electron chi connectivity index (χ0n) is 8.79. The average molecular weight is 237 g/mol. The first-order valence-electron chi connectivity index (χ1n) is 4.66. The quantitative estimate of drug-likeness (QED) is 0.694. The Kier molecular flexibility index (Phi) is 2.69. The molecule has 0 aliphatic heterocycles. The highest BCUT2D eigenvalue weighted by Crippen LogP contribution is 2.05. The second kappa shape index (κ2) is 4.16. The number of halogens is 1. The third kappa shape index (κ3) is 1.92. The summed E-state index contributed by atoms with van der Waals surface area (Å²) in [4.78, 5) is 22.9. The molecule has 7 nitrogen and oxygen atoms in total. The lowest BCUT2D eigenvalue weighted by molar-refractivity contribution is 0.240. The molecule has 17 heavy (non-hydrogen) atoms. The van der Waals surface area contributed by atoms with E-state index < -0.39 is 17.5 Å². The molecule has 0 fully saturated rings. The van der Waals surface area contributed by atoms with E-state index in [1.807, 2.05) is 0 Å². The number of hydrogen-bond donors (Lipinski definition) is 1. The van der Waals surface area contributed by atoms with Gasteiger partial charge in [0.05, 0.1) is 5.69 Å². The highest BCUT2D eigenvalue weighted by atomic mass is 19.1. The number of tetrazole rings is 1. The van der Waals surface area contributed by atoms with Crippen molar-refractivity contribution in [3.05, 3.63) is 40.6 Å². The van der Waals surface area contributed by atoms with Crippen LogP contribution in [0.15, 0.2) is 29.1 Å². The standard InChI is InChI=1S/C9H8FN5O2/c1-11-8(16)15-9(17)14(12-13-15)7-4-2-3-6(10)5-7/h2-5H,1H3,(H,11,16). The fourth-order valence-corrected chi connectivity index (χ4v) is 1.25. The van der Waals surface area contributed by atoms with Crippen molar-refractivity contribution in [2.75, 3.05) is 7.05 Å². The largest absolute Gasteiger partial charge is 0.377 e. The summed E-state index contributed by atoms with van der Waals surface area (Å²) in [7, 11) is 1.36. The lowest BCUT2D eigenvalue weighted by Crippen LogP contribution is -2.35. The van der Waals surface area contributed by atoms with Crippen LogP contribution < -0.4 is 11.0 Å². The molecule has 0 atom stereocenters. The van der Waals surface area contributed by atoms with E-state index in [9.17, 15) is 14.0 Å². The van der Waals surface area contributed by atoms with Gasteiger partial charge in [-0.3, -0.25) is 0 Å². The van der Waals surface area contributed by atoms with Crippen LogP contribution in [0.25, 0.3) is 5.69 Å². The predicted molar refractivity (Wildman–Crippen MR) is 55.4 cm³/mol. The molecule has 8 heteroatoms. The number of carbonyl (C=O) groups is 1. The first kappa shape index (κ1) is 11.0. The molecule has 0 radical (unpaired) electrons. The zero-order valence-corrected chi connectivity index (χ0v) is 8.79. The predicted octanol–water partition coefficient (Wildman–Crippen LogP) is -0.244. The van der Waals surface area contributed by atoms with E-state index >= 15 is 0 Å². The van der Waals surface area contributed by atoms with E-state index in [4.69, 9.17) is 0 Å². The number of nitrogens with one attached hydrogen (secondary N) is 1. The van der Waals surface area contributed by atoms with Crippen molar-refractivity contribution in [1.82, 2.24) is 25.1 Å². The second-order valence-corrected chi connectivity index (χ2v) is 3.12. The van der Waals surface area contributed by atoms with Crippen LogP contribution in [0.2, 0.25) is 0 Å². The third-order valence-electron chi connectivity index (χ3n) is 2.04. The van der Waals surface area contributed by atoms with Gasteiger partial charge < -0.3 is 5.32 Å². The molecule has 0 unspecified atom stereocenters. The van der Waals surface area contributed by atoms with Crippen LogP contribution in [0, 0.1) is 5.82 Å². The van der Waals surface area contributed by atoms with Crippen LogP contribution in [-0.2, 0) is 0 Å². The smallest absolute Gasteiger partial charge is 0.339 e. The molecule has 0 aliphatic rings. The minimum absolute atomic E-state index is 0.199. The molecule has 1 aromatic heterocycles. The Labute approximate surface area is 94.5 Å². The lowest BCUT2D eigenvalue weighted by Gasteiger charge is -1.97. The summed E-state index contributed by atoms with van der Waals surface area (Å²) < 4.78 is 14.3. The Hall–Kier alpha value is -2.51. The van der Waals surface area contributed by atoms with Crippen LogP contribution in [-0.4, -0.2) is 32.9 Å². The van der Waals surface area contributed by atoms with E-state index in [1.54, 1.807) is 0 Å². The molecule has 0 saturated carbocycles. The van der Waals surface area contributed by atoms with Crippen molar-refractivity contribution < 1.29 is 9.18 Å². The molecule has 1 aromatic carbocycles. The van der Waals surface area contributed by atoms with Crippen molar-refractivity contribution in [1.29, 1.82) is 0 Å². The Morgan fingerprint density at radius 1 is 1.41 bits per heavy atom. The van der Waals surface area contributed by atoms with E-state index in [0.717, 1.165) is 10.7 Å². The fourth-order valence-electron chi connectivity index (χ4n) is 1.25. The van der Waals surface area contributed by atoms with E-state index in [2.05, 4.69) is 15.7 Å². The van der Waals surface area contributed by atoms with Crippen molar-refractivity contribution in [3.8, 4) is 5.69 Å². The summed E-state index contributed by atoms with van der Waals surface area (Å²) in [5.41, 5.74) is -0.569. The number of hydrogen-bond acceptors (Lipinski definition) is 4. The van der Waals surface area contributed by atoms with Gasteiger partial charge in [0.1, 0.15) is 5.82 Å². The van der Waals surface area contributed by atoms with Gasteiger partial charge in [-0.2, -0.15) is 4.68 Å². The number of rotatable bonds is 1. The van der Waals surface area contributed by atoms with Crippen LogP contribution in [0.4, 0.5) is 9.18 Å². The third-order valence-corrected chi connectivity index (χ3v) is 2.04. The molecule has 0 saturated heterocycles.